The minimum Gasteiger partial charge on any atom is -0.358 e. The van der Waals surface area contributed by atoms with Crippen molar-refractivity contribution < 1.29 is 4.79 Å². The number of benzene rings is 2. The fourth-order valence-corrected chi connectivity index (χ4v) is 4.58. The van der Waals surface area contributed by atoms with Crippen molar-refractivity contribution in [3.05, 3.63) is 66.0 Å². The summed E-state index contributed by atoms with van der Waals surface area (Å²) in [6, 6.07) is 16.5. The van der Waals surface area contributed by atoms with Crippen LogP contribution in [0.1, 0.15) is 30.0 Å². The summed E-state index contributed by atoms with van der Waals surface area (Å²) in [6.07, 6.45) is 3.97. The molecule has 28 heavy (non-hydrogen) atoms. The Morgan fingerprint density at radius 1 is 1.11 bits per heavy atom. The Morgan fingerprint density at radius 3 is 2.68 bits per heavy atom. The number of para-hydroxylation sites is 1. The van der Waals surface area contributed by atoms with Gasteiger partial charge in [0.15, 0.2) is 0 Å². The van der Waals surface area contributed by atoms with Crippen molar-refractivity contribution in [3.63, 3.8) is 0 Å². The molecule has 4 aromatic rings. The van der Waals surface area contributed by atoms with Crippen molar-refractivity contribution in [2.45, 2.75) is 32.2 Å². The molecule has 142 valence electrons. The van der Waals surface area contributed by atoms with Crippen LogP contribution < -0.4 is 0 Å². The summed E-state index contributed by atoms with van der Waals surface area (Å²) in [7, 11) is 0. The lowest BCUT2D eigenvalue weighted by Crippen LogP contribution is -2.39. The Labute approximate surface area is 164 Å². The van der Waals surface area contributed by atoms with Gasteiger partial charge >= 0.3 is 0 Å². The van der Waals surface area contributed by atoms with E-state index in [-0.39, 0.29) is 5.91 Å². The Bertz CT molecular complexity index is 1110. The number of aryl methyl sites for hydroxylation is 1. The van der Waals surface area contributed by atoms with Crippen LogP contribution in [0.4, 0.5) is 0 Å². The fraction of sp³-hybridized carbons (Fsp3) is 0.304. The molecule has 0 bridgehead atoms. The Balaban J connectivity index is 1.27. The summed E-state index contributed by atoms with van der Waals surface area (Å²) < 4.78 is 1.77. The molecule has 5 heteroatoms. The van der Waals surface area contributed by atoms with Crippen LogP contribution in [0.3, 0.4) is 0 Å². The number of aromatic nitrogens is 3. The highest BCUT2D eigenvalue weighted by Gasteiger charge is 2.26. The van der Waals surface area contributed by atoms with Gasteiger partial charge in [-0.05, 0) is 43.4 Å². The number of aromatic amines is 1. The summed E-state index contributed by atoms with van der Waals surface area (Å²) in [5.74, 6) is 0.661. The van der Waals surface area contributed by atoms with Crippen LogP contribution in [-0.2, 0) is 11.3 Å². The number of fused-ring (bicyclic) bond motifs is 2. The monoisotopic (exact) mass is 372 g/mol. The lowest BCUT2D eigenvalue weighted by molar-refractivity contribution is -0.133. The van der Waals surface area contributed by atoms with Gasteiger partial charge in [0, 0.05) is 41.3 Å². The van der Waals surface area contributed by atoms with Gasteiger partial charge in [-0.15, -0.1) is 0 Å². The van der Waals surface area contributed by atoms with Gasteiger partial charge in [0.1, 0.15) is 6.54 Å². The second-order valence-corrected chi connectivity index (χ2v) is 7.75. The number of amides is 1. The number of likely N-dealkylation sites (tertiary alicyclic amines) is 1. The maximum Gasteiger partial charge on any atom is 0.244 e. The predicted octanol–water partition coefficient (Wildman–Crippen LogP) is 4.23. The first-order chi connectivity index (χ1) is 13.7. The van der Waals surface area contributed by atoms with Crippen molar-refractivity contribution in [1.29, 1.82) is 0 Å². The molecule has 0 spiro atoms. The first kappa shape index (κ1) is 17.0. The highest BCUT2D eigenvalue weighted by atomic mass is 16.2. The molecule has 5 nitrogen and oxygen atoms in total. The summed E-state index contributed by atoms with van der Waals surface area (Å²) in [4.78, 5) is 18.3. The van der Waals surface area contributed by atoms with E-state index in [0.29, 0.717) is 12.5 Å². The van der Waals surface area contributed by atoms with Crippen LogP contribution in [0, 0.1) is 6.92 Å². The molecular weight excluding hydrogens is 348 g/mol. The largest absolute Gasteiger partial charge is 0.358 e. The molecule has 1 amide bonds. The molecule has 0 aliphatic carbocycles. The van der Waals surface area contributed by atoms with E-state index >= 15 is 0 Å². The van der Waals surface area contributed by atoms with Gasteiger partial charge in [0.25, 0.3) is 0 Å². The van der Waals surface area contributed by atoms with Crippen molar-refractivity contribution in [1.82, 2.24) is 19.7 Å². The maximum absolute atomic E-state index is 12.8. The lowest BCUT2D eigenvalue weighted by Gasteiger charge is -2.32. The molecule has 3 heterocycles. The van der Waals surface area contributed by atoms with E-state index in [9.17, 15) is 4.79 Å². The minimum atomic E-state index is 0.155. The van der Waals surface area contributed by atoms with Crippen molar-refractivity contribution in [2.75, 3.05) is 13.1 Å². The van der Waals surface area contributed by atoms with Gasteiger partial charge in [-0.25, -0.2) is 0 Å². The zero-order valence-electron chi connectivity index (χ0n) is 16.1. The standard InChI is InChI=1S/C23H24N4O/c1-16-23(19-7-3-5-9-21(19)24-16)17-10-12-26(13-11-17)22(28)15-27-14-18-6-2-4-8-20(18)25-27/h2-9,14,17,24H,10-13,15H2,1H3. The van der Waals surface area contributed by atoms with Crippen LogP contribution in [0.15, 0.2) is 54.7 Å². The van der Waals surface area contributed by atoms with E-state index in [1.165, 1.54) is 22.2 Å². The predicted molar refractivity (Wildman–Crippen MR) is 111 cm³/mol. The van der Waals surface area contributed by atoms with Gasteiger partial charge in [-0.2, -0.15) is 5.10 Å². The molecule has 1 aliphatic rings. The number of piperidine rings is 1. The normalized spacial score (nSPS) is 15.5. The van der Waals surface area contributed by atoms with Gasteiger partial charge in [0.05, 0.1) is 5.52 Å². The van der Waals surface area contributed by atoms with Crippen molar-refractivity contribution in [3.8, 4) is 0 Å². The third kappa shape index (κ3) is 2.97. The fourth-order valence-electron chi connectivity index (χ4n) is 4.58. The molecule has 5 rings (SSSR count). The summed E-state index contributed by atoms with van der Waals surface area (Å²) >= 11 is 0. The van der Waals surface area contributed by atoms with E-state index in [1.807, 2.05) is 35.4 Å². The highest BCUT2D eigenvalue weighted by molar-refractivity contribution is 5.85. The van der Waals surface area contributed by atoms with Crippen LogP contribution in [-0.4, -0.2) is 38.7 Å². The molecule has 0 saturated carbocycles. The van der Waals surface area contributed by atoms with Gasteiger partial charge in [-0.3, -0.25) is 9.48 Å². The summed E-state index contributed by atoms with van der Waals surface area (Å²) in [5.41, 5.74) is 4.83. The zero-order chi connectivity index (χ0) is 19.1. The Hall–Kier alpha value is -3.08. The molecule has 1 saturated heterocycles. The number of carbonyl (C=O) groups excluding carboxylic acids is 1. The Kier molecular flexibility index (Phi) is 4.15. The van der Waals surface area contributed by atoms with E-state index in [1.54, 1.807) is 4.68 Å². The number of rotatable bonds is 3. The smallest absolute Gasteiger partial charge is 0.244 e. The number of hydrogen-bond donors (Lipinski definition) is 1. The molecule has 2 aromatic heterocycles. The number of H-pyrrole nitrogens is 1. The zero-order valence-corrected chi connectivity index (χ0v) is 16.1. The second-order valence-electron chi connectivity index (χ2n) is 7.75. The summed E-state index contributed by atoms with van der Waals surface area (Å²) in [6.45, 7) is 4.09. The van der Waals surface area contributed by atoms with E-state index < -0.39 is 0 Å². The van der Waals surface area contributed by atoms with Gasteiger partial charge < -0.3 is 9.88 Å². The summed E-state index contributed by atoms with van der Waals surface area (Å²) in [5, 5.41) is 6.91. The van der Waals surface area contributed by atoms with Gasteiger partial charge in [-0.1, -0.05) is 36.4 Å². The Morgan fingerprint density at radius 2 is 1.86 bits per heavy atom. The van der Waals surface area contributed by atoms with Crippen LogP contribution in [0.25, 0.3) is 21.8 Å². The molecule has 0 unspecified atom stereocenters. The number of nitrogens with zero attached hydrogens (tertiary/aromatic N) is 3. The first-order valence-electron chi connectivity index (χ1n) is 9.96. The molecule has 0 atom stereocenters. The van der Waals surface area contributed by atoms with Crippen LogP contribution in [0.2, 0.25) is 0 Å². The number of hydrogen-bond acceptors (Lipinski definition) is 2. The maximum atomic E-state index is 12.8. The van der Waals surface area contributed by atoms with E-state index in [0.717, 1.165) is 36.8 Å². The van der Waals surface area contributed by atoms with Crippen LogP contribution in [0.5, 0.6) is 0 Å². The SMILES string of the molecule is Cc1[nH]c2ccccc2c1C1CCN(C(=O)Cn2cc3ccccc3n2)CC1. The van der Waals surface area contributed by atoms with Crippen molar-refractivity contribution in [2.24, 2.45) is 0 Å². The van der Waals surface area contributed by atoms with Crippen molar-refractivity contribution >= 4 is 27.7 Å². The molecular formula is C23H24N4O. The third-order valence-corrected chi connectivity index (χ3v) is 5.96. The second kappa shape index (κ2) is 6.82. The third-order valence-electron chi connectivity index (χ3n) is 5.96. The quantitative estimate of drug-likeness (QED) is 0.585. The van der Waals surface area contributed by atoms with E-state index in [4.69, 9.17) is 0 Å². The van der Waals surface area contributed by atoms with Crippen LogP contribution >= 0.6 is 0 Å². The van der Waals surface area contributed by atoms with E-state index in [2.05, 4.69) is 41.3 Å². The minimum absolute atomic E-state index is 0.155. The number of nitrogens with one attached hydrogen (secondary N) is 1. The topological polar surface area (TPSA) is 53.9 Å². The lowest BCUT2D eigenvalue weighted by atomic mass is 9.87. The average molecular weight is 372 g/mol. The highest BCUT2D eigenvalue weighted by Crippen LogP contribution is 2.35. The average Bonchev–Trinajstić information content (AvgIpc) is 3.27. The molecule has 1 fully saturated rings. The van der Waals surface area contributed by atoms with Gasteiger partial charge in [0.2, 0.25) is 5.91 Å². The number of carbonyl (C=O) groups is 1. The first-order valence-corrected chi connectivity index (χ1v) is 9.96. The molecule has 1 aliphatic heterocycles. The molecule has 2 aromatic carbocycles. The molecule has 0 radical (unpaired) electrons. The molecule has 1 N–H and O–H groups in total.